The quantitative estimate of drug-likeness (QED) is 0.314. The molecule has 3 unspecified atom stereocenters. The molecule has 0 aromatic carbocycles. The monoisotopic (exact) mass is 308 g/mol. The molecular formula is C11H16N8O3. The van der Waals surface area contributed by atoms with Crippen molar-refractivity contribution in [3.05, 3.63) is 6.33 Å². The van der Waals surface area contributed by atoms with E-state index in [9.17, 15) is 5.11 Å². The summed E-state index contributed by atoms with van der Waals surface area (Å²) in [4.78, 5) is 16.0. The van der Waals surface area contributed by atoms with Crippen molar-refractivity contribution in [1.29, 1.82) is 0 Å². The summed E-state index contributed by atoms with van der Waals surface area (Å²) >= 11 is 0. The lowest BCUT2D eigenvalue weighted by Crippen LogP contribution is -2.24. The van der Waals surface area contributed by atoms with E-state index in [2.05, 4.69) is 19.9 Å². The minimum atomic E-state index is -0.774. The van der Waals surface area contributed by atoms with Gasteiger partial charge in [-0.15, -0.1) is 0 Å². The van der Waals surface area contributed by atoms with E-state index in [0.717, 1.165) is 0 Å². The highest BCUT2D eigenvalue weighted by Crippen LogP contribution is 2.31. The first-order valence-electron chi connectivity index (χ1n) is 6.53. The maximum atomic E-state index is 9.83. The van der Waals surface area contributed by atoms with Crippen LogP contribution in [0.2, 0.25) is 0 Å². The van der Waals surface area contributed by atoms with Crippen LogP contribution in [0.5, 0.6) is 0 Å². The van der Waals surface area contributed by atoms with Gasteiger partial charge < -0.3 is 32.2 Å². The maximum absolute atomic E-state index is 9.83. The first-order chi connectivity index (χ1) is 10.5. The van der Waals surface area contributed by atoms with E-state index < -0.39 is 18.4 Å². The van der Waals surface area contributed by atoms with Crippen LogP contribution in [0.25, 0.3) is 11.2 Å². The molecule has 0 aliphatic carbocycles. The van der Waals surface area contributed by atoms with Gasteiger partial charge in [-0.3, -0.25) is 4.57 Å². The summed E-state index contributed by atoms with van der Waals surface area (Å²) in [7, 11) is 0. The van der Waals surface area contributed by atoms with E-state index in [1.54, 1.807) is 4.57 Å². The number of ether oxygens (including phenoxy) is 1. The van der Waals surface area contributed by atoms with E-state index in [0.29, 0.717) is 11.2 Å². The van der Waals surface area contributed by atoms with Gasteiger partial charge in [0.25, 0.3) is 5.95 Å². The van der Waals surface area contributed by atoms with Crippen molar-refractivity contribution in [3.8, 4) is 0 Å². The fourth-order valence-corrected chi connectivity index (χ4v) is 2.35. The number of guanidine groups is 1. The molecule has 0 saturated carbocycles. The molecule has 0 spiro atoms. The molecule has 1 aliphatic heterocycles. The van der Waals surface area contributed by atoms with Crippen LogP contribution in [0.1, 0.15) is 12.6 Å². The number of nitrogens with two attached hydrogens (primary N) is 3. The summed E-state index contributed by atoms with van der Waals surface area (Å²) in [6.07, 6.45) is -0.189. The molecule has 1 saturated heterocycles. The first-order valence-corrected chi connectivity index (χ1v) is 6.53. The third kappa shape index (κ3) is 2.41. The maximum Gasteiger partial charge on any atom is 0.256 e. The number of aromatic nitrogens is 4. The van der Waals surface area contributed by atoms with Crippen molar-refractivity contribution >= 4 is 28.9 Å². The lowest BCUT2D eigenvalue weighted by Gasteiger charge is -2.13. The van der Waals surface area contributed by atoms with E-state index >= 15 is 0 Å². The Labute approximate surface area is 124 Å². The third-order valence-electron chi connectivity index (χ3n) is 3.36. The second-order valence-electron chi connectivity index (χ2n) is 4.88. The highest BCUT2D eigenvalue weighted by atomic mass is 16.5. The van der Waals surface area contributed by atoms with Crippen molar-refractivity contribution in [2.75, 3.05) is 12.3 Å². The lowest BCUT2D eigenvalue weighted by molar-refractivity contribution is -0.0432. The number of aliphatic hydroxyl groups excluding tert-OH is 2. The number of nitrogens with zero attached hydrogens (tertiary/aromatic N) is 5. The summed E-state index contributed by atoms with van der Waals surface area (Å²) in [6, 6.07) is 0. The largest absolute Gasteiger partial charge is 0.394 e. The van der Waals surface area contributed by atoms with Crippen LogP contribution < -0.4 is 17.2 Å². The molecule has 0 radical (unpaired) electrons. The van der Waals surface area contributed by atoms with E-state index in [1.807, 2.05) is 0 Å². The Morgan fingerprint density at radius 2 is 2.23 bits per heavy atom. The molecule has 1 aliphatic rings. The molecule has 2 aromatic rings. The fraction of sp³-hybridized carbons (Fsp3) is 0.455. The molecule has 3 rings (SSSR count). The van der Waals surface area contributed by atoms with Crippen LogP contribution in [0.15, 0.2) is 11.3 Å². The number of aliphatic imine (C=N–C) groups is 1. The van der Waals surface area contributed by atoms with Crippen LogP contribution in [0, 0.1) is 0 Å². The van der Waals surface area contributed by atoms with Gasteiger partial charge in [0.05, 0.1) is 19.0 Å². The highest BCUT2D eigenvalue weighted by Gasteiger charge is 2.35. The molecule has 2 aromatic heterocycles. The Balaban J connectivity index is 2.04. The van der Waals surface area contributed by atoms with Crippen molar-refractivity contribution in [1.82, 2.24) is 19.5 Å². The number of imidazole rings is 1. The minimum Gasteiger partial charge on any atom is -0.394 e. The van der Waals surface area contributed by atoms with Gasteiger partial charge in [0, 0.05) is 6.42 Å². The van der Waals surface area contributed by atoms with Crippen LogP contribution in [0.3, 0.4) is 0 Å². The van der Waals surface area contributed by atoms with Crippen LogP contribution in [-0.2, 0) is 4.74 Å². The van der Waals surface area contributed by atoms with Gasteiger partial charge in [0.1, 0.15) is 17.8 Å². The Morgan fingerprint density at radius 3 is 2.86 bits per heavy atom. The molecule has 0 amide bonds. The minimum absolute atomic E-state index is 0.00371. The Morgan fingerprint density at radius 1 is 1.45 bits per heavy atom. The molecule has 1 fully saturated rings. The molecule has 8 N–H and O–H groups in total. The van der Waals surface area contributed by atoms with Gasteiger partial charge in [-0.05, 0) is 0 Å². The smallest absolute Gasteiger partial charge is 0.256 e. The standard InChI is InChI=1S/C11H16N8O3/c12-8-7-9(17-11(16-8)18-10(13)14)19(3-15-7)6-1-4(21)5(2-20)22-6/h3-6,20-21H,1-2H2,(H6,12,13,14,16,17,18). The molecule has 22 heavy (non-hydrogen) atoms. The predicted molar refractivity (Wildman–Crippen MR) is 76.8 cm³/mol. The van der Waals surface area contributed by atoms with Gasteiger partial charge in [0.15, 0.2) is 17.4 Å². The third-order valence-corrected chi connectivity index (χ3v) is 3.36. The number of aliphatic hydroxyl groups is 2. The fourth-order valence-electron chi connectivity index (χ4n) is 2.35. The van der Waals surface area contributed by atoms with Crippen LogP contribution >= 0.6 is 0 Å². The number of hydrogen-bond acceptors (Lipinski definition) is 8. The Kier molecular flexibility index (Phi) is 3.52. The molecule has 3 heterocycles. The molecule has 118 valence electrons. The molecule has 0 bridgehead atoms. The highest BCUT2D eigenvalue weighted by molar-refractivity contribution is 5.84. The summed E-state index contributed by atoms with van der Waals surface area (Å²) < 4.78 is 7.17. The lowest BCUT2D eigenvalue weighted by atomic mass is 10.2. The van der Waals surface area contributed by atoms with E-state index in [1.165, 1.54) is 6.33 Å². The van der Waals surface area contributed by atoms with Crippen molar-refractivity contribution in [2.24, 2.45) is 16.5 Å². The zero-order chi connectivity index (χ0) is 15.9. The zero-order valence-corrected chi connectivity index (χ0v) is 11.5. The van der Waals surface area contributed by atoms with Crippen molar-refractivity contribution < 1.29 is 14.9 Å². The summed E-state index contributed by atoms with van der Waals surface area (Å²) in [5.41, 5.74) is 17.2. The SMILES string of the molecule is NC(N)=Nc1nc(N)c2ncn(C3CC(O)C(CO)O3)c2n1. The Bertz CT molecular complexity index is 725. The second-order valence-corrected chi connectivity index (χ2v) is 4.88. The topological polar surface area (TPSA) is 184 Å². The Hall–Kier alpha value is -2.50. The first kappa shape index (κ1) is 14.4. The van der Waals surface area contributed by atoms with Gasteiger partial charge in [-0.25, -0.2) is 4.98 Å². The molecule has 3 atom stereocenters. The molecule has 11 heteroatoms. The van der Waals surface area contributed by atoms with Crippen LogP contribution in [-0.4, -0.2) is 54.5 Å². The van der Waals surface area contributed by atoms with E-state index in [4.69, 9.17) is 27.0 Å². The summed E-state index contributed by atoms with van der Waals surface area (Å²) in [6.45, 7) is -0.277. The number of rotatable bonds is 3. The normalized spacial score (nSPS) is 24.7. The predicted octanol–water partition coefficient (Wildman–Crippen LogP) is -2.05. The summed E-state index contributed by atoms with van der Waals surface area (Å²) in [5, 5.41) is 19.0. The number of fused-ring (bicyclic) bond motifs is 1. The van der Waals surface area contributed by atoms with E-state index in [-0.39, 0.29) is 30.8 Å². The van der Waals surface area contributed by atoms with Crippen molar-refractivity contribution in [3.63, 3.8) is 0 Å². The second kappa shape index (κ2) is 5.36. The van der Waals surface area contributed by atoms with Gasteiger partial charge in [-0.2, -0.15) is 15.0 Å². The van der Waals surface area contributed by atoms with Crippen LogP contribution in [0.4, 0.5) is 11.8 Å². The van der Waals surface area contributed by atoms with Crippen molar-refractivity contribution in [2.45, 2.75) is 24.9 Å². The zero-order valence-electron chi connectivity index (χ0n) is 11.5. The molecular weight excluding hydrogens is 292 g/mol. The average molecular weight is 308 g/mol. The number of anilines is 1. The molecule has 11 nitrogen and oxygen atoms in total. The summed E-state index contributed by atoms with van der Waals surface area (Å²) in [5.74, 6) is -0.0669. The number of nitrogen functional groups attached to an aromatic ring is 1. The number of hydrogen-bond donors (Lipinski definition) is 5. The van der Waals surface area contributed by atoms with Gasteiger partial charge >= 0.3 is 0 Å². The van der Waals surface area contributed by atoms with Gasteiger partial charge in [-0.1, -0.05) is 0 Å². The average Bonchev–Trinajstić information content (AvgIpc) is 3.01. The van der Waals surface area contributed by atoms with Gasteiger partial charge in [0.2, 0.25) is 0 Å².